The highest BCUT2D eigenvalue weighted by atomic mass is 32.1. The fraction of sp³-hybridized carbons (Fsp3) is 0.474. The average Bonchev–Trinajstić information content (AvgIpc) is 3.13. The maximum absolute atomic E-state index is 10.9. The first-order valence-corrected chi connectivity index (χ1v) is 9.87. The first-order valence-electron chi connectivity index (χ1n) is 9.05. The summed E-state index contributed by atoms with van der Waals surface area (Å²) in [6.45, 7) is 7.50. The Morgan fingerprint density at radius 2 is 1.96 bits per heavy atom. The summed E-state index contributed by atoms with van der Waals surface area (Å²) in [7, 11) is 1.67. The molecule has 0 unspecified atom stereocenters. The van der Waals surface area contributed by atoms with Gasteiger partial charge in [0.2, 0.25) is 10.8 Å². The van der Waals surface area contributed by atoms with Crippen LogP contribution in [0.15, 0.2) is 24.3 Å². The Balaban J connectivity index is 1.87. The predicted molar refractivity (Wildman–Crippen MR) is 104 cm³/mol. The lowest BCUT2D eigenvalue weighted by Gasteiger charge is -2.40. The predicted octanol–water partition coefficient (Wildman–Crippen LogP) is 3.01. The van der Waals surface area contributed by atoms with Crippen molar-refractivity contribution in [3.63, 3.8) is 0 Å². The van der Waals surface area contributed by atoms with Crippen LogP contribution in [0.25, 0.3) is 4.96 Å². The van der Waals surface area contributed by atoms with Crippen molar-refractivity contribution in [3.8, 4) is 11.6 Å². The smallest absolute Gasteiger partial charge is 0.230 e. The maximum Gasteiger partial charge on any atom is 0.230 e. The van der Waals surface area contributed by atoms with Gasteiger partial charge in [-0.25, -0.2) is 4.98 Å². The summed E-state index contributed by atoms with van der Waals surface area (Å²) in [6, 6.07) is 7.79. The van der Waals surface area contributed by atoms with E-state index in [0.29, 0.717) is 10.8 Å². The largest absolute Gasteiger partial charge is 0.496 e. The summed E-state index contributed by atoms with van der Waals surface area (Å²) in [5.74, 6) is 1.58. The van der Waals surface area contributed by atoms with Crippen molar-refractivity contribution >= 4 is 16.3 Å². The minimum absolute atomic E-state index is 0.109. The number of fused-ring (bicyclic) bond motifs is 1. The number of rotatable bonds is 4. The van der Waals surface area contributed by atoms with Crippen LogP contribution in [0.3, 0.4) is 0 Å². The van der Waals surface area contributed by atoms with Gasteiger partial charge in [-0.3, -0.25) is 4.90 Å². The molecule has 7 nitrogen and oxygen atoms in total. The lowest BCUT2D eigenvalue weighted by molar-refractivity contribution is -0.0765. The molecule has 1 aliphatic heterocycles. The molecule has 1 fully saturated rings. The van der Waals surface area contributed by atoms with Crippen LogP contribution < -0.4 is 4.74 Å². The fourth-order valence-corrected chi connectivity index (χ4v) is 5.00. The second-order valence-corrected chi connectivity index (χ2v) is 8.01. The number of nitrogens with zero attached hydrogens (tertiary/aromatic N) is 4. The van der Waals surface area contributed by atoms with Gasteiger partial charge in [0.05, 0.1) is 30.2 Å². The maximum atomic E-state index is 10.9. The van der Waals surface area contributed by atoms with Gasteiger partial charge in [0.25, 0.3) is 0 Å². The Morgan fingerprint density at radius 3 is 2.63 bits per heavy atom. The Hall–Kier alpha value is -2.16. The highest BCUT2D eigenvalue weighted by Crippen LogP contribution is 2.43. The molecule has 0 amide bonds. The Bertz CT molecular complexity index is 944. The second-order valence-electron chi connectivity index (χ2n) is 7.00. The molecule has 144 valence electrons. The van der Waals surface area contributed by atoms with Crippen LogP contribution in [0.1, 0.15) is 36.2 Å². The molecular weight excluding hydrogens is 364 g/mol. The van der Waals surface area contributed by atoms with Crippen molar-refractivity contribution in [1.82, 2.24) is 19.5 Å². The third kappa shape index (κ3) is 3.28. The summed E-state index contributed by atoms with van der Waals surface area (Å²) in [6.07, 6.45) is 0.218. The van der Waals surface area contributed by atoms with E-state index < -0.39 is 0 Å². The van der Waals surface area contributed by atoms with E-state index in [1.165, 1.54) is 15.9 Å². The van der Waals surface area contributed by atoms with Crippen LogP contribution in [-0.2, 0) is 4.74 Å². The van der Waals surface area contributed by atoms with Gasteiger partial charge in [0.1, 0.15) is 11.6 Å². The van der Waals surface area contributed by atoms with E-state index in [1.807, 2.05) is 25.1 Å². The SMILES string of the molecule is COc1ccccc1[C@H](c1sc2nc(C)nn2c1O)N1C[C@@H](C)O[C@@H](C)C1. The summed E-state index contributed by atoms with van der Waals surface area (Å²) < 4.78 is 13.1. The Labute approximate surface area is 162 Å². The molecular formula is C19H24N4O3S. The quantitative estimate of drug-likeness (QED) is 0.741. The molecule has 1 saturated heterocycles. The van der Waals surface area contributed by atoms with Gasteiger partial charge in [0, 0.05) is 18.7 Å². The molecule has 8 heteroatoms. The van der Waals surface area contributed by atoms with E-state index >= 15 is 0 Å². The van der Waals surface area contributed by atoms with Gasteiger partial charge in [-0.05, 0) is 26.8 Å². The summed E-state index contributed by atoms with van der Waals surface area (Å²) >= 11 is 1.46. The standard InChI is InChI=1S/C19H24N4O3S/c1-11-9-22(10-12(2)26-11)16(14-7-5-6-8-15(14)25-4)17-18(24)23-19(27-17)20-13(3)21-23/h5-8,11-12,16,24H,9-10H2,1-4H3/t11-,12+,16-/m1/s1. The molecule has 1 N–H and O–H groups in total. The van der Waals surface area contributed by atoms with Crippen molar-refractivity contribution in [2.24, 2.45) is 0 Å². The molecule has 3 atom stereocenters. The van der Waals surface area contributed by atoms with Crippen molar-refractivity contribution < 1.29 is 14.6 Å². The van der Waals surface area contributed by atoms with E-state index in [0.717, 1.165) is 29.3 Å². The average molecular weight is 388 g/mol. The highest BCUT2D eigenvalue weighted by Gasteiger charge is 2.35. The fourth-order valence-electron chi connectivity index (χ4n) is 3.85. The molecule has 4 rings (SSSR count). The monoisotopic (exact) mass is 388 g/mol. The van der Waals surface area contributed by atoms with Crippen LogP contribution >= 0.6 is 11.3 Å². The molecule has 3 aromatic rings. The van der Waals surface area contributed by atoms with Gasteiger partial charge in [-0.15, -0.1) is 5.10 Å². The zero-order chi connectivity index (χ0) is 19.1. The number of para-hydroxylation sites is 1. The highest BCUT2D eigenvalue weighted by molar-refractivity contribution is 7.17. The van der Waals surface area contributed by atoms with E-state index in [4.69, 9.17) is 9.47 Å². The van der Waals surface area contributed by atoms with Crippen molar-refractivity contribution in [3.05, 3.63) is 40.5 Å². The van der Waals surface area contributed by atoms with E-state index in [1.54, 1.807) is 7.11 Å². The van der Waals surface area contributed by atoms with Gasteiger partial charge >= 0.3 is 0 Å². The number of methoxy groups -OCH3 is 1. The first-order chi connectivity index (χ1) is 13.0. The van der Waals surface area contributed by atoms with Gasteiger partial charge in [-0.2, -0.15) is 4.52 Å². The topological polar surface area (TPSA) is 72.1 Å². The zero-order valence-electron chi connectivity index (χ0n) is 15.9. The number of thiazole rings is 1. The number of morpholine rings is 1. The number of aromatic nitrogens is 3. The van der Waals surface area contributed by atoms with E-state index in [-0.39, 0.29) is 24.1 Å². The minimum Gasteiger partial charge on any atom is -0.496 e. The molecule has 0 bridgehead atoms. The van der Waals surface area contributed by atoms with Crippen LogP contribution in [-0.4, -0.2) is 57.0 Å². The summed E-state index contributed by atoms with van der Waals surface area (Å²) in [5, 5.41) is 15.3. The molecule has 27 heavy (non-hydrogen) atoms. The van der Waals surface area contributed by atoms with Crippen LogP contribution in [0, 0.1) is 6.92 Å². The third-order valence-electron chi connectivity index (χ3n) is 4.80. The molecule has 0 spiro atoms. The van der Waals surface area contributed by atoms with Crippen molar-refractivity contribution in [2.45, 2.75) is 39.0 Å². The normalized spacial score (nSPS) is 22.2. The Kier molecular flexibility index (Phi) is 4.79. The first kappa shape index (κ1) is 18.2. The van der Waals surface area contributed by atoms with Gasteiger partial charge in [-0.1, -0.05) is 29.5 Å². The van der Waals surface area contributed by atoms with Crippen LogP contribution in [0.5, 0.6) is 11.6 Å². The lowest BCUT2D eigenvalue weighted by atomic mass is 10.0. The minimum atomic E-state index is -0.163. The van der Waals surface area contributed by atoms with Crippen LogP contribution in [0.4, 0.5) is 0 Å². The van der Waals surface area contributed by atoms with Gasteiger partial charge < -0.3 is 14.6 Å². The molecule has 1 aliphatic rings. The number of ether oxygens (including phenoxy) is 2. The molecule has 2 aromatic heterocycles. The molecule has 0 saturated carbocycles. The molecule has 0 radical (unpaired) electrons. The zero-order valence-corrected chi connectivity index (χ0v) is 16.7. The summed E-state index contributed by atoms with van der Waals surface area (Å²) in [5.41, 5.74) is 1.01. The van der Waals surface area contributed by atoms with Crippen molar-refractivity contribution in [1.29, 1.82) is 0 Å². The van der Waals surface area contributed by atoms with Crippen LogP contribution in [0.2, 0.25) is 0 Å². The summed E-state index contributed by atoms with van der Waals surface area (Å²) in [4.78, 5) is 8.27. The second kappa shape index (κ2) is 7.10. The number of aromatic hydroxyl groups is 1. The lowest BCUT2D eigenvalue weighted by Crippen LogP contribution is -2.47. The van der Waals surface area contributed by atoms with E-state index in [2.05, 4.69) is 34.9 Å². The van der Waals surface area contributed by atoms with Gasteiger partial charge in [0.15, 0.2) is 0 Å². The number of hydrogen-bond acceptors (Lipinski definition) is 7. The number of benzene rings is 1. The van der Waals surface area contributed by atoms with E-state index in [9.17, 15) is 5.11 Å². The third-order valence-corrected chi connectivity index (χ3v) is 5.87. The molecule has 0 aliphatic carbocycles. The Morgan fingerprint density at radius 1 is 1.26 bits per heavy atom. The molecule has 1 aromatic carbocycles. The molecule has 3 heterocycles. The number of aryl methyl sites for hydroxylation is 1. The number of hydrogen-bond donors (Lipinski definition) is 1. The van der Waals surface area contributed by atoms with Crippen molar-refractivity contribution in [2.75, 3.05) is 20.2 Å².